The minimum absolute atomic E-state index is 0.246. The Labute approximate surface area is 184 Å². The highest BCUT2D eigenvalue weighted by atomic mass is 35.5. The van der Waals surface area contributed by atoms with Crippen LogP contribution in [-0.4, -0.2) is 30.5 Å². The summed E-state index contributed by atoms with van der Waals surface area (Å²) in [5.41, 5.74) is 8.70. The molecule has 1 fully saturated rings. The third kappa shape index (κ3) is 4.23. The number of hydrogen-bond donors (Lipinski definition) is 2. The number of piperidine rings is 1. The van der Waals surface area contributed by atoms with Crippen molar-refractivity contribution < 1.29 is 9.18 Å². The van der Waals surface area contributed by atoms with Crippen LogP contribution in [0.2, 0.25) is 5.02 Å². The number of benzene rings is 1. The first-order valence-corrected chi connectivity index (χ1v) is 11.3. The third-order valence-electron chi connectivity index (χ3n) is 5.39. The Kier molecular flexibility index (Phi) is 6.11. The lowest BCUT2D eigenvalue weighted by atomic mass is 10.1. The number of carbonyl (C=O) groups is 1. The molecule has 2 aromatic heterocycles. The number of fused-ring (bicyclic) bond motifs is 1. The van der Waals surface area contributed by atoms with Crippen LogP contribution in [0.15, 0.2) is 24.3 Å². The fraction of sp³-hybridized carbons (Fsp3) is 0.364. The van der Waals surface area contributed by atoms with Gasteiger partial charge in [0.15, 0.2) is 0 Å². The van der Waals surface area contributed by atoms with E-state index in [1.54, 1.807) is 6.07 Å². The number of pyridine rings is 1. The Balaban J connectivity index is 1.42. The molecule has 0 unspecified atom stereocenters. The number of halogens is 2. The van der Waals surface area contributed by atoms with Gasteiger partial charge in [0.05, 0.1) is 16.4 Å². The number of nitrogens with two attached hydrogens (primary N) is 1. The molecule has 3 N–H and O–H groups in total. The van der Waals surface area contributed by atoms with Gasteiger partial charge < -0.3 is 16.0 Å². The topological polar surface area (TPSA) is 71.2 Å². The summed E-state index contributed by atoms with van der Waals surface area (Å²) in [7, 11) is 0. The Morgan fingerprint density at radius 3 is 2.80 bits per heavy atom. The number of rotatable bonds is 5. The molecule has 158 valence electrons. The molecule has 0 saturated carbocycles. The molecule has 4 rings (SSSR count). The van der Waals surface area contributed by atoms with Gasteiger partial charge in [-0.1, -0.05) is 11.6 Å². The molecule has 0 atom stereocenters. The summed E-state index contributed by atoms with van der Waals surface area (Å²) in [6.45, 7) is 3.92. The van der Waals surface area contributed by atoms with Gasteiger partial charge in [-0.25, -0.2) is 9.37 Å². The van der Waals surface area contributed by atoms with Crippen LogP contribution in [0, 0.1) is 12.7 Å². The van der Waals surface area contributed by atoms with Crippen molar-refractivity contribution in [2.45, 2.75) is 32.6 Å². The van der Waals surface area contributed by atoms with Crippen LogP contribution in [0.3, 0.4) is 0 Å². The minimum Gasteiger partial charge on any atom is -0.397 e. The number of hydrogen-bond acceptors (Lipinski definition) is 5. The standard InChI is InChI=1S/C22H24ClFN4OS/c1-13-5-6-15-18(25)20(30-22(15)27-13)21(29)26-8-7-14-11-16(23)19(17(24)12-14)28-9-3-2-4-10-28/h5-6,11-12H,2-4,7-10,25H2,1H3,(H,26,29). The van der Waals surface area contributed by atoms with Crippen molar-refractivity contribution in [3.05, 3.63) is 51.2 Å². The second-order valence-electron chi connectivity index (χ2n) is 7.61. The summed E-state index contributed by atoms with van der Waals surface area (Å²) >= 11 is 7.67. The first kappa shape index (κ1) is 20.9. The fourth-order valence-electron chi connectivity index (χ4n) is 3.84. The number of thiophene rings is 1. The Morgan fingerprint density at radius 1 is 1.30 bits per heavy atom. The lowest BCUT2D eigenvalue weighted by Gasteiger charge is -2.30. The first-order chi connectivity index (χ1) is 14.4. The lowest BCUT2D eigenvalue weighted by Crippen LogP contribution is -2.30. The second-order valence-corrected chi connectivity index (χ2v) is 9.02. The zero-order chi connectivity index (χ0) is 21.3. The maximum Gasteiger partial charge on any atom is 0.263 e. The van der Waals surface area contributed by atoms with Gasteiger partial charge in [-0.3, -0.25) is 4.79 Å². The van der Waals surface area contributed by atoms with Crippen LogP contribution in [0.25, 0.3) is 10.2 Å². The van der Waals surface area contributed by atoms with E-state index in [0.717, 1.165) is 47.4 Å². The van der Waals surface area contributed by atoms with Crippen LogP contribution in [0.1, 0.15) is 40.2 Å². The van der Waals surface area contributed by atoms with Gasteiger partial charge in [0.2, 0.25) is 0 Å². The zero-order valence-electron chi connectivity index (χ0n) is 16.8. The fourth-order valence-corrected chi connectivity index (χ4v) is 5.25. The number of nitrogens with one attached hydrogen (secondary N) is 1. The highest BCUT2D eigenvalue weighted by Crippen LogP contribution is 2.33. The minimum atomic E-state index is -0.305. The predicted octanol–water partition coefficient (Wildman–Crippen LogP) is 4.94. The lowest BCUT2D eigenvalue weighted by molar-refractivity contribution is 0.0959. The van der Waals surface area contributed by atoms with E-state index in [2.05, 4.69) is 10.3 Å². The molecule has 0 spiro atoms. The summed E-state index contributed by atoms with van der Waals surface area (Å²) < 4.78 is 14.7. The number of aromatic nitrogens is 1. The van der Waals surface area contributed by atoms with Gasteiger partial charge in [-0.15, -0.1) is 11.3 Å². The summed E-state index contributed by atoms with van der Waals surface area (Å²) in [6, 6.07) is 7.07. The number of carbonyl (C=O) groups excluding carboxylic acids is 1. The number of aryl methyl sites for hydroxylation is 1. The first-order valence-electron chi connectivity index (χ1n) is 10.1. The maximum atomic E-state index is 14.7. The smallest absolute Gasteiger partial charge is 0.263 e. The van der Waals surface area contributed by atoms with Crippen molar-refractivity contribution in [2.24, 2.45) is 0 Å². The molecule has 0 aliphatic carbocycles. The normalized spacial score (nSPS) is 14.3. The largest absolute Gasteiger partial charge is 0.397 e. The van der Waals surface area contributed by atoms with Gasteiger partial charge in [0.25, 0.3) is 5.91 Å². The molecule has 1 aliphatic rings. The molecule has 30 heavy (non-hydrogen) atoms. The van der Waals surface area contributed by atoms with E-state index in [1.165, 1.54) is 23.8 Å². The summed E-state index contributed by atoms with van der Waals surface area (Å²) in [4.78, 5) is 20.2. The van der Waals surface area contributed by atoms with Crippen LogP contribution in [0.4, 0.5) is 15.8 Å². The van der Waals surface area contributed by atoms with Gasteiger partial charge >= 0.3 is 0 Å². The van der Waals surface area contributed by atoms with Gasteiger partial charge in [0.1, 0.15) is 15.5 Å². The number of amides is 1. The number of anilines is 2. The molecule has 0 bridgehead atoms. The molecule has 3 aromatic rings. The molecule has 0 radical (unpaired) electrons. The van der Waals surface area contributed by atoms with Crippen molar-refractivity contribution in [1.82, 2.24) is 10.3 Å². The van der Waals surface area contributed by atoms with E-state index in [0.29, 0.717) is 34.2 Å². The average Bonchev–Trinajstić information content (AvgIpc) is 3.04. The van der Waals surface area contributed by atoms with E-state index in [1.807, 2.05) is 24.0 Å². The summed E-state index contributed by atoms with van der Waals surface area (Å²) in [5.74, 6) is -0.550. The second kappa shape index (κ2) is 8.78. The Morgan fingerprint density at radius 2 is 2.07 bits per heavy atom. The predicted molar refractivity (Wildman–Crippen MR) is 122 cm³/mol. The van der Waals surface area contributed by atoms with Crippen molar-refractivity contribution in [2.75, 3.05) is 30.3 Å². The molecule has 1 aliphatic heterocycles. The molecule has 1 aromatic carbocycles. The van der Waals surface area contributed by atoms with E-state index in [9.17, 15) is 9.18 Å². The van der Waals surface area contributed by atoms with Gasteiger partial charge in [0, 0.05) is 30.7 Å². The van der Waals surface area contributed by atoms with E-state index in [4.69, 9.17) is 17.3 Å². The van der Waals surface area contributed by atoms with Crippen molar-refractivity contribution in [3.8, 4) is 0 Å². The average molecular weight is 447 g/mol. The van der Waals surface area contributed by atoms with Crippen molar-refractivity contribution in [3.63, 3.8) is 0 Å². The molecule has 8 heteroatoms. The highest BCUT2D eigenvalue weighted by molar-refractivity contribution is 7.21. The van der Waals surface area contributed by atoms with E-state index >= 15 is 0 Å². The number of nitrogens with zero attached hydrogens (tertiary/aromatic N) is 2. The molecule has 3 heterocycles. The SMILES string of the molecule is Cc1ccc2c(N)c(C(=O)NCCc3cc(F)c(N4CCCCC4)c(Cl)c3)sc2n1. The van der Waals surface area contributed by atoms with Crippen LogP contribution in [0.5, 0.6) is 0 Å². The van der Waals surface area contributed by atoms with Crippen LogP contribution in [-0.2, 0) is 6.42 Å². The summed E-state index contributed by atoms with van der Waals surface area (Å²) in [5, 5.41) is 4.08. The van der Waals surface area contributed by atoms with Crippen molar-refractivity contribution >= 4 is 50.4 Å². The quantitative estimate of drug-likeness (QED) is 0.582. The van der Waals surface area contributed by atoms with Gasteiger partial charge in [-0.05, 0) is 62.4 Å². The number of nitrogen functional groups attached to an aromatic ring is 1. The monoisotopic (exact) mass is 446 g/mol. The molecular formula is C22H24ClFN4OS. The maximum absolute atomic E-state index is 14.7. The molecular weight excluding hydrogens is 423 g/mol. The Hall–Kier alpha value is -2.38. The molecule has 5 nitrogen and oxygen atoms in total. The molecule has 1 amide bonds. The Bertz CT molecular complexity index is 1070. The van der Waals surface area contributed by atoms with E-state index in [-0.39, 0.29) is 11.7 Å². The highest BCUT2D eigenvalue weighted by Gasteiger charge is 2.20. The zero-order valence-corrected chi connectivity index (χ0v) is 18.4. The van der Waals surface area contributed by atoms with Crippen LogP contribution >= 0.6 is 22.9 Å². The summed E-state index contributed by atoms with van der Waals surface area (Å²) in [6.07, 6.45) is 3.76. The van der Waals surface area contributed by atoms with Gasteiger partial charge in [-0.2, -0.15) is 0 Å². The molecule has 1 saturated heterocycles. The third-order valence-corrected chi connectivity index (χ3v) is 6.79. The van der Waals surface area contributed by atoms with Crippen molar-refractivity contribution in [1.29, 1.82) is 0 Å². The van der Waals surface area contributed by atoms with E-state index < -0.39 is 0 Å². The van der Waals surface area contributed by atoms with Crippen LogP contribution < -0.4 is 16.0 Å².